The van der Waals surface area contributed by atoms with Gasteiger partial charge in [0.1, 0.15) is 0 Å². The van der Waals surface area contributed by atoms with Crippen LogP contribution in [0.1, 0.15) is 30.0 Å². The lowest BCUT2D eigenvalue weighted by Crippen LogP contribution is -1.97. The lowest BCUT2D eigenvalue weighted by molar-refractivity contribution is 1.04. The Morgan fingerprint density at radius 2 is 1.67 bits per heavy atom. The zero-order valence-corrected chi connectivity index (χ0v) is 11.9. The van der Waals surface area contributed by atoms with E-state index >= 15 is 0 Å². The Kier molecular flexibility index (Phi) is 2.85. The summed E-state index contributed by atoms with van der Waals surface area (Å²) in [6, 6.07) is 19.0. The summed E-state index contributed by atoms with van der Waals surface area (Å²) in [6.45, 7) is 4.05. The molecule has 2 aromatic carbocycles. The zero-order valence-electron chi connectivity index (χ0n) is 11.9. The molecule has 0 radical (unpaired) electrons. The molecule has 3 aromatic rings. The van der Waals surface area contributed by atoms with Gasteiger partial charge < -0.3 is 0 Å². The van der Waals surface area contributed by atoms with Gasteiger partial charge in [0.15, 0.2) is 0 Å². The van der Waals surface area contributed by atoms with Gasteiger partial charge in [0.05, 0.1) is 11.2 Å². The van der Waals surface area contributed by atoms with E-state index in [9.17, 15) is 0 Å². The predicted molar refractivity (Wildman–Crippen MR) is 89.2 cm³/mol. The minimum atomic E-state index is 0.616. The second kappa shape index (κ2) is 4.85. The predicted octanol–water partition coefficient (Wildman–Crippen LogP) is 5.42. The molecule has 0 unspecified atom stereocenters. The summed E-state index contributed by atoms with van der Waals surface area (Å²) in [6.07, 6.45) is 4.48. The van der Waals surface area contributed by atoms with Crippen molar-refractivity contribution in [1.82, 2.24) is 4.98 Å². The van der Waals surface area contributed by atoms with Gasteiger partial charge in [0, 0.05) is 22.4 Å². The Morgan fingerprint density at radius 3 is 2.38 bits per heavy atom. The standard InChI is InChI=1S/C20H17N/c1-2-16-19(14-8-4-3-5-9-14)17-10-6-7-11-18(17)21-20(16)15-12-13-15/h2-11,15H,1,12-13H2. The summed E-state index contributed by atoms with van der Waals surface area (Å²) in [5, 5.41) is 1.21. The Labute approximate surface area is 125 Å². The van der Waals surface area contributed by atoms with Crippen molar-refractivity contribution in [2.75, 3.05) is 0 Å². The SMILES string of the molecule is C=Cc1c(C2CC2)nc2ccccc2c1-c1ccccc1. The number of rotatable bonds is 3. The van der Waals surface area contributed by atoms with Crippen LogP contribution in [-0.4, -0.2) is 4.98 Å². The van der Waals surface area contributed by atoms with Crippen LogP contribution in [0.15, 0.2) is 61.2 Å². The maximum absolute atomic E-state index is 4.92. The van der Waals surface area contributed by atoms with Crippen molar-refractivity contribution in [2.24, 2.45) is 0 Å². The minimum absolute atomic E-state index is 0.616. The number of hydrogen-bond acceptors (Lipinski definition) is 1. The molecule has 1 aliphatic carbocycles. The first-order valence-corrected chi connectivity index (χ1v) is 7.49. The zero-order chi connectivity index (χ0) is 14.2. The second-order valence-corrected chi connectivity index (χ2v) is 5.65. The summed E-state index contributed by atoms with van der Waals surface area (Å²) in [4.78, 5) is 4.92. The molecule has 0 atom stereocenters. The van der Waals surface area contributed by atoms with Gasteiger partial charge in [-0.05, 0) is 24.5 Å². The van der Waals surface area contributed by atoms with Crippen molar-refractivity contribution >= 4 is 17.0 Å². The molecule has 1 aliphatic rings. The molecular weight excluding hydrogens is 254 g/mol. The third-order valence-corrected chi connectivity index (χ3v) is 4.19. The first kappa shape index (κ1) is 12.3. The molecule has 1 heteroatoms. The number of para-hydroxylation sites is 1. The number of aromatic nitrogens is 1. The van der Waals surface area contributed by atoms with Crippen LogP contribution in [0.2, 0.25) is 0 Å². The fraction of sp³-hybridized carbons (Fsp3) is 0.150. The molecule has 0 aliphatic heterocycles. The first-order valence-electron chi connectivity index (χ1n) is 7.49. The summed E-state index contributed by atoms with van der Waals surface area (Å²) < 4.78 is 0. The van der Waals surface area contributed by atoms with Gasteiger partial charge >= 0.3 is 0 Å². The fourth-order valence-electron chi connectivity index (χ4n) is 3.04. The number of fused-ring (bicyclic) bond motifs is 1. The van der Waals surface area contributed by atoms with E-state index in [-0.39, 0.29) is 0 Å². The number of pyridine rings is 1. The number of hydrogen-bond donors (Lipinski definition) is 0. The normalized spacial score (nSPS) is 14.3. The first-order chi connectivity index (χ1) is 10.4. The van der Waals surface area contributed by atoms with Gasteiger partial charge in [-0.15, -0.1) is 0 Å². The van der Waals surface area contributed by atoms with Gasteiger partial charge in [0.25, 0.3) is 0 Å². The molecule has 1 fully saturated rings. The highest BCUT2D eigenvalue weighted by Gasteiger charge is 2.29. The molecule has 1 nitrogen and oxygen atoms in total. The van der Waals surface area contributed by atoms with Crippen molar-refractivity contribution in [3.63, 3.8) is 0 Å². The van der Waals surface area contributed by atoms with Gasteiger partial charge in [-0.25, -0.2) is 0 Å². The van der Waals surface area contributed by atoms with E-state index in [4.69, 9.17) is 4.98 Å². The van der Waals surface area contributed by atoms with E-state index < -0.39 is 0 Å². The molecule has 4 rings (SSSR count). The summed E-state index contributed by atoms with van der Waals surface area (Å²) in [5.74, 6) is 0.616. The van der Waals surface area contributed by atoms with Gasteiger partial charge in [0.2, 0.25) is 0 Å². The molecule has 1 saturated carbocycles. The third-order valence-electron chi connectivity index (χ3n) is 4.19. The Bertz CT molecular complexity index is 814. The van der Waals surface area contributed by atoms with Crippen molar-refractivity contribution in [3.05, 3.63) is 72.4 Å². The van der Waals surface area contributed by atoms with Crippen LogP contribution in [0.4, 0.5) is 0 Å². The smallest absolute Gasteiger partial charge is 0.0712 e. The molecule has 1 aromatic heterocycles. The van der Waals surface area contributed by atoms with E-state index in [2.05, 4.69) is 61.2 Å². The average molecular weight is 271 g/mol. The topological polar surface area (TPSA) is 12.9 Å². The molecule has 0 amide bonds. The van der Waals surface area contributed by atoms with Gasteiger partial charge in [-0.1, -0.05) is 61.2 Å². The maximum atomic E-state index is 4.92. The highest BCUT2D eigenvalue weighted by atomic mass is 14.7. The van der Waals surface area contributed by atoms with Crippen molar-refractivity contribution in [2.45, 2.75) is 18.8 Å². The highest BCUT2D eigenvalue weighted by molar-refractivity contribution is 5.99. The van der Waals surface area contributed by atoms with Crippen LogP contribution in [0, 0.1) is 0 Å². The third kappa shape index (κ3) is 2.06. The van der Waals surface area contributed by atoms with Crippen LogP contribution in [0.3, 0.4) is 0 Å². The quantitative estimate of drug-likeness (QED) is 0.619. The Balaban J connectivity index is 2.12. The van der Waals surface area contributed by atoms with E-state index in [1.807, 2.05) is 6.08 Å². The highest BCUT2D eigenvalue weighted by Crippen LogP contribution is 2.45. The number of nitrogens with zero attached hydrogens (tertiary/aromatic N) is 1. The molecule has 102 valence electrons. The van der Waals surface area contributed by atoms with Crippen LogP contribution >= 0.6 is 0 Å². The Hall–Kier alpha value is -2.41. The fourth-order valence-corrected chi connectivity index (χ4v) is 3.04. The molecule has 0 spiro atoms. The summed E-state index contributed by atoms with van der Waals surface area (Å²) >= 11 is 0. The second-order valence-electron chi connectivity index (χ2n) is 5.65. The van der Waals surface area contributed by atoms with Gasteiger partial charge in [-0.2, -0.15) is 0 Å². The molecular formula is C20H17N. The van der Waals surface area contributed by atoms with E-state index in [1.54, 1.807) is 0 Å². The summed E-state index contributed by atoms with van der Waals surface area (Å²) in [7, 11) is 0. The van der Waals surface area contributed by atoms with Crippen molar-refractivity contribution < 1.29 is 0 Å². The maximum Gasteiger partial charge on any atom is 0.0712 e. The minimum Gasteiger partial charge on any atom is -0.252 e. The Morgan fingerprint density at radius 1 is 0.952 bits per heavy atom. The monoisotopic (exact) mass is 271 g/mol. The van der Waals surface area contributed by atoms with E-state index in [0.717, 1.165) is 5.52 Å². The molecule has 0 bridgehead atoms. The number of benzene rings is 2. The van der Waals surface area contributed by atoms with Crippen LogP contribution in [0.5, 0.6) is 0 Å². The van der Waals surface area contributed by atoms with E-state index in [0.29, 0.717) is 5.92 Å². The lowest BCUT2D eigenvalue weighted by atomic mass is 9.93. The van der Waals surface area contributed by atoms with E-state index in [1.165, 1.54) is 40.6 Å². The van der Waals surface area contributed by atoms with Gasteiger partial charge in [-0.3, -0.25) is 4.98 Å². The largest absolute Gasteiger partial charge is 0.252 e. The molecule has 0 saturated heterocycles. The summed E-state index contributed by atoms with van der Waals surface area (Å²) in [5.41, 5.74) is 6.04. The van der Waals surface area contributed by atoms with Crippen molar-refractivity contribution in [3.8, 4) is 11.1 Å². The lowest BCUT2D eigenvalue weighted by Gasteiger charge is -2.15. The molecule has 1 heterocycles. The average Bonchev–Trinajstić information content (AvgIpc) is 3.38. The molecule has 0 N–H and O–H groups in total. The van der Waals surface area contributed by atoms with Crippen molar-refractivity contribution in [1.29, 1.82) is 0 Å². The molecule has 21 heavy (non-hydrogen) atoms. The van der Waals surface area contributed by atoms with Crippen LogP contribution in [0.25, 0.3) is 28.1 Å². The van der Waals surface area contributed by atoms with Crippen LogP contribution in [-0.2, 0) is 0 Å². The van der Waals surface area contributed by atoms with Crippen LogP contribution < -0.4 is 0 Å².